The monoisotopic (exact) mass is 1130 g/mol. The van der Waals surface area contributed by atoms with Gasteiger partial charge in [0, 0.05) is 0 Å². The summed E-state index contributed by atoms with van der Waals surface area (Å²) >= 11 is 0. The van der Waals surface area contributed by atoms with Crippen molar-refractivity contribution in [2.75, 3.05) is 13.2 Å². The SMILES string of the molecule is CCCCCCCCCCCCCCCCC/C=C/CC/C=C/CC/C=C/CCCC(O)C(O)C(COC1OC(CO)C(O)C(O)C1O)NC(=O)C(O)CCCCCCCCCCCCCCCCCCCCCCCCCCC. The molecule has 0 saturated carbocycles. The number of hydrogen-bond donors (Lipinski definition) is 8. The molecule has 9 unspecified atom stereocenters. The first kappa shape index (κ1) is 76.3. The van der Waals surface area contributed by atoms with E-state index in [9.17, 15) is 40.5 Å². The van der Waals surface area contributed by atoms with Crippen LogP contribution in [0.3, 0.4) is 0 Å². The molecule has 1 saturated heterocycles. The maximum atomic E-state index is 13.2. The van der Waals surface area contributed by atoms with Gasteiger partial charge in [0.2, 0.25) is 5.91 Å². The van der Waals surface area contributed by atoms with Crippen LogP contribution in [0.4, 0.5) is 0 Å². The largest absolute Gasteiger partial charge is 0.394 e. The minimum absolute atomic E-state index is 0.243. The molecule has 0 bridgehead atoms. The van der Waals surface area contributed by atoms with Crippen molar-refractivity contribution in [1.82, 2.24) is 5.32 Å². The molecule has 11 heteroatoms. The Morgan fingerprint density at radius 2 is 0.750 bits per heavy atom. The summed E-state index contributed by atoms with van der Waals surface area (Å²) in [4.78, 5) is 13.2. The molecule has 0 aromatic heterocycles. The average Bonchev–Trinajstić information content (AvgIpc) is 3.47. The zero-order chi connectivity index (χ0) is 58.2. The van der Waals surface area contributed by atoms with E-state index in [0.29, 0.717) is 19.3 Å². The first-order valence-corrected chi connectivity index (χ1v) is 34.4. The molecule has 1 fully saturated rings. The zero-order valence-electron chi connectivity index (χ0n) is 52.1. The van der Waals surface area contributed by atoms with E-state index in [1.165, 1.54) is 238 Å². The van der Waals surface area contributed by atoms with Crippen molar-refractivity contribution in [2.45, 2.75) is 384 Å². The van der Waals surface area contributed by atoms with Crippen molar-refractivity contribution < 1.29 is 50.0 Å². The Balaban J connectivity index is 2.25. The lowest BCUT2D eigenvalue weighted by atomic mass is 9.98. The number of rotatable bonds is 60. The summed E-state index contributed by atoms with van der Waals surface area (Å²) in [5.74, 6) is -0.706. The summed E-state index contributed by atoms with van der Waals surface area (Å²) in [6.07, 6.45) is 62.3. The molecule has 8 N–H and O–H groups in total. The van der Waals surface area contributed by atoms with Gasteiger partial charge in [-0.05, 0) is 64.2 Å². The highest BCUT2D eigenvalue weighted by atomic mass is 16.7. The second kappa shape index (κ2) is 57.7. The molecule has 80 heavy (non-hydrogen) atoms. The lowest BCUT2D eigenvalue weighted by Crippen LogP contribution is -2.60. The van der Waals surface area contributed by atoms with Crippen LogP contribution in [0.15, 0.2) is 36.5 Å². The summed E-state index contributed by atoms with van der Waals surface area (Å²) in [5, 5.41) is 76.4. The van der Waals surface area contributed by atoms with Crippen LogP contribution in [-0.2, 0) is 14.3 Å². The Morgan fingerprint density at radius 3 is 1.11 bits per heavy atom. The molecule has 11 nitrogen and oxygen atoms in total. The lowest BCUT2D eigenvalue weighted by molar-refractivity contribution is -0.303. The van der Waals surface area contributed by atoms with Crippen molar-refractivity contribution in [3.8, 4) is 0 Å². The number of hydrogen-bond acceptors (Lipinski definition) is 10. The van der Waals surface area contributed by atoms with Crippen molar-refractivity contribution >= 4 is 5.91 Å². The lowest BCUT2D eigenvalue weighted by Gasteiger charge is -2.40. The van der Waals surface area contributed by atoms with E-state index in [0.717, 1.165) is 44.9 Å². The summed E-state index contributed by atoms with van der Waals surface area (Å²) in [6, 6.07) is -1.19. The molecule has 1 aliphatic heterocycles. The highest BCUT2D eigenvalue weighted by Crippen LogP contribution is 2.24. The summed E-state index contributed by atoms with van der Waals surface area (Å²) < 4.78 is 11.2. The molecule has 0 radical (unpaired) electrons. The minimum atomic E-state index is -1.67. The number of amides is 1. The topological polar surface area (TPSA) is 189 Å². The number of aliphatic hydroxyl groups is 7. The maximum absolute atomic E-state index is 13.2. The van der Waals surface area contributed by atoms with Crippen LogP contribution in [0.5, 0.6) is 0 Å². The number of carbonyl (C=O) groups excluding carboxylic acids is 1. The second-order valence-corrected chi connectivity index (χ2v) is 24.2. The van der Waals surface area contributed by atoms with Crippen LogP contribution in [0.25, 0.3) is 0 Å². The van der Waals surface area contributed by atoms with Gasteiger partial charge in [-0.1, -0.05) is 301 Å². The molecule has 0 spiro atoms. The first-order chi connectivity index (χ1) is 39.2. The van der Waals surface area contributed by atoms with E-state index in [1.54, 1.807) is 0 Å². The van der Waals surface area contributed by atoms with Crippen molar-refractivity contribution in [1.29, 1.82) is 0 Å². The molecule has 1 amide bonds. The van der Waals surface area contributed by atoms with Gasteiger partial charge in [0.05, 0.1) is 25.4 Å². The van der Waals surface area contributed by atoms with E-state index in [2.05, 4.69) is 55.6 Å². The first-order valence-electron chi connectivity index (χ1n) is 34.4. The Hall–Kier alpha value is -1.67. The van der Waals surface area contributed by atoms with Crippen LogP contribution in [-0.4, -0.2) is 110 Å². The van der Waals surface area contributed by atoms with Gasteiger partial charge in [0.15, 0.2) is 6.29 Å². The molecule has 0 aromatic carbocycles. The molecule has 1 rings (SSSR count). The predicted molar refractivity (Wildman–Crippen MR) is 335 cm³/mol. The van der Waals surface area contributed by atoms with E-state index in [1.807, 2.05) is 0 Å². The van der Waals surface area contributed by atoms with Crippen molar-refractivity contribution in [3.05, 3.63) is 36.5 Å². The molecule has 472 valence electrons. The van der Waals surface area contributed by atoms with Gasteiger partial charge < -0.3 is 50.5 Å². The Morgan fingerprint density at radius 1 is 0.425 bits per heavy atom. The van der Waals surface area contributed by atoms with Gasteiger partial charge in [-0.2, -0.15) is 0 Å². The van der Waals surface area contributed by atoms with Crippen LogP contribution < -0.4 is 5.32 Å². The molecule has 9 atom stereocenters. The summed E-state index contributed by atoms with van der Waals surface area (Å²) in [5.41, 5.74) is 0. The van der Waals surface area contributed by atoms with Gasteiger partial charge in [0.25, 0.3) is 0 Å². The number of carbonyl (C=O) groups is 1. The standard InChI is InChI=1S/C69H131NO10/c1-3-5-7-9-11-13-15-17-19-21-23-25-27-29-30-31-33-34-36-38-40-42-44-46-48-50-52-54-56-61(72)64(74)60(59-79-69-67(77)66(76)65(75)63(58-71)80-69)70-68(78)62(73)57-55-53-51-49-47-45-43-41-39-37-35-32-28-26-24-22-20-18-16-14-12-10-8-6-4-2/h33-34,40,42,48,50,60-67,69,71-77H,3-32,35-39,41,43-47,49,51-59H2,1-2H3,(H,70,78)/b34-33+,42-40+,50-48+. The molecular weight excluding hydrogens is 1000 g/mol. The Labute approximate surface area is 492 Å². The zero-order valence-corrected chi connectivity index (χ0v) is 52.1. The quantitative estimate of drug-likeness (QED) is 0.0215. The minimum Gasteiger partial charge on any atom is -0.394 e. The molecule has 1 aliphatic rings. The average molecular weight is 1130 g/mol. The number of unbranched alkanes of at least 4 members (excludes halogenated alkanes) is 42. The Kier molecular flexibility index (Phi) is 55.1. The molecule has 0 aromatic rings. The van der Waals surface area contributed by atoms with Crippen LogP contribution in [0.1, 0.15) is 328 Å². The fraction of sp³-hybridized carbons (Fsp3) is 0.899. The third-order valence-corrected chi connectivity index (χ3v) is 16.7. The normalized spacial score (nSPS) is 19.4. The summed E-state index contributed by atoms with van der Waals surface area (Å²) in [6.45, 7) is 3.49. The highest BCUT2D eigenvalue weighted by Gasteiger charge is 2.44. The van der Waals surface area contributed by atoms with E-state index < -0.39 is 74.2 Å². The second-order valence-electron chi connectivity index (χ2n) is 24.2. The van der Waals surface area contributed by atoms with Crippen molar-refractivity contribution in [2.24, 2.45) is 0 Å². The fourth-order valence-corrected chi connectivity index (χ4v) is 11.1. The molecule has 0 aliphatic carbocycles. The third kappa shape index (κ3) is 44.8. The summed E-state index contributed by atoms with van der Waals surface area (Å²) in [7, 11) is 0. The van der Waals surface area contributed by atoms with Gasteiger partial charge >= 0.3 is 0 Å². The van der Waals surface area contributed by atoms with Gasteiger partial charge in [-0.25, -0.2) is 0 Å². The van der Waals surface area contributed by atoms with Gasteiger partial charge in [-0.15, -0.1) is 0 Å². The predicted octanol–water partition coefficient (Wildman–Crippen LogP) is 16.2. The highest BCUT2D eigenvalue weighted by molar-refractivity contribution is 5.80. The number of ether oxygens (including phenoxy) is 2. The maximum Gasteiger partial charge on any atom is 0.249 e. The smallest absolute Gasteiger partial charge is 0.249 e. The number of nitrogens with one attached hydrogen (secondary N) is 1. The third-order valence-electron chi connectivity index (χ3n) is 16.7. The fourth-order valence-electron chi connectivity index (χ4n) is 11.1. The van der Waals surface area contributed by atoms with Crippen molar-refractivity contribution in [3.63, 3.8) is 0 Å². The van der Waals surface area contributed by atoms with Crippen LogP contribution in [0.2, 0.25) is 0 Å². The van der Waals surface area contributed by atoms with Crippen LogP contribution in [0, 0.1) is 0 Å². The van der Waals surface area contributed by atoms with Gasteiger partial charge in [0.1, 0.15) is 36.6 Å². The van der Waals surface area contributed by atoms with E-state index in [4.69, 9.17) is 9.47 Å². The Bertz CT molecular complexity index is 1390. The molecule has 1 heterocycles. The van der Waals surface area contributed by atoms with Crippen LogP contribution >= 0.6 is 0 Å². The number of aliphatic hydroxyl groups excluding tert-OH is 7. The van der Waals surface area contributed by atoms with E-state index in [-0.39, 0.29) is 12.8 Å². The van der Waals surface area contributed by atoms with Gasteiger partial charge in [-0.3, -0.25) is 4.79 Å². The van der Waals surface area contributed by atoms with E-state index >= 15 is 0 Å². The number of allylic oxidation sites excluding steroid dienone is 6. The molecular formula is C69H131NO10.